The number of hydrogen-bond donors (Lipinski definition) is 1. The Morgan fingerprint density at radius 2 is 1.86 bits per heavy atom. The Hall–Kier alpha value is -3.09. The Morgan fingerprint density at radius 3 is 2.41 bits per heavy atom. The van der Waals surface area contributed by atoms with Crippen LogP contribution in [0.15, 0.2) is 36.4 Å². The molecule has 0 heterocycles. The maximum Gasteiger partial charge on any atom is 0.336 e. The smallest absolute Gasteiger partial charge is 0.336 e. The lowest BCUT2D eigenvalue weighted by Gasteiger charge is -2.14. The van der Waals surface area contributed by atoms with Gasteiger partial charge in [-0.05, 0) is 12.1 Å². The molecule has 0 aliphatic heterocycles. The number of carboxylic acids is 1. The Bertz CT molecular complexity index is 741. The largest absolute Gasteiger partial charge is 0.493 e. The molecule has 7 nitrogen and oxygen atoms in total. The first-order valence-corrected chi connectivity index (χ1v) is 6.22. The molecular formula is C15H13NO6. The van der Waals surface area contributed by atoms with Gasteiger partial charge in [-0.3, -0.25) is 10.1 Å². The fourth-order valence-corrected chi connectivity index (χ4v) is 2.16. The monoisotopic (exact) mass is 303 g/mol. The summed E-state index contributed by atoms with van der Waals surface area (Å²) in [7, 11) is 2.91. The maximum atomic E-state index is 11.4. The van der Waals surface area contributed by atoms with Crippen LogP contribution in [0.3, 0.4) is 0 Å². The standard InChI is InChI=1S/C15H13NO6/c1-21-13-5-3-4-11(14(13)22-2)10-7-6-9(16(19)20)8-12(10)15(17)18/h3-8H,1-2H3,(H,17,18). The summed E-state index contributed by atoms with van der Waals surface area (Å²) in [5.41, 5.74) is 0.326. The van der Waals surface area contributed by atoms with Crippen LogP contribution in [0.4, 0.5) is 5.69 Å². The van der Waals surface area contributed by atoms with Crippen LogP contribution in [0.1, 0.15) is 10.4 Å². The number of methoxy groups -OCH3 is 2. The number of benzene rings is 2. The van der Waals surface area contributed by atoms with Crippen molar-refractivity contribution in [2.75, 3.05) is 14.2 Å². The molecule has 0 bridgehead atoms. The molecule has 2 rings (SSSR count). The van der Waals surface area contributed by atoms with Gasteiger partial charge in [-0.25, -0.2) is 4.79 Å². The first kappa shape index (κ1) is 15.3. The zero-order chi connectivity index (χ0) is 16.3. The highest BCUT2D eigenvalue weighted by atomic mass is 16.6. The van der Waals surface area contributed by atoms with Gasteiger partial charge in [0.05, 0.1) is 24.7 Å². The fourth-order valence-electron chi connectivity index (χ4n) is 2.16. The van der Waals surface area contributed by atoms with E-state index in [1.54, 1.807) is 18.2 Å². The minimum atomic E-state index is -1.26. The fraction of sp³-hybridized carbons (Fsp3) is 0.133. The molecule has 114 valence electrons. The SMILES string of the molecule is COc1cccc(-c2ccc([N+](=O)[O-])cc2C(=O)O)c1OC. The summed E-state index contributed by atoms with van der Waals surface area (Å²) >= 11 is 0. The van der Waals surface area contributed by atoms with Crippen LogP contribution in [0.2, 0.25) is 0 Å². The van der Waals surface area contributed by atoms with Gasteiger partial charge in [0.15, 0.2) is 11.5 Å². The summed E-state index contributed by atoms with van der Waals surface area (Å²) in [6.45, 7) is 0. The lowest BCUT2D eigenvalue weighted by molar-refractivity contribution is -0.384. The van der Waals surface area contributed by atoms with Crippen molar-refractivity contribution in [1.82, 2.24) is 0 Å². The summed E-state index contributed by atoms with van der Waals surface area (Å²) in [4.78, 5) is 21.6. The number of para-hydroxylation sites is 1. The van der Waals surface area contributed by atoms with E-state index in [1.807, 2.05) is 0 Å². The number of nitro benzene ring substituents is 1. The Balaban J connectivity index is 2.72. The van der Waals surface area contributed by atoms with Crippen molar-refractivity contribution in [3.05, 3.63) is 52.1 Å². The first-order chi connectivity index (χ1) is 10.5. The van der Waals surface area contributed by atoms with E-state index in [2.05, 4.69) is 0 Å². The molecular weight excluding hydrogens is 290 g/mol. The average molecular weight is 303 g/mol. The van der Waals surface area contributed by atoms with Gasteiger partial charge in [-0.2, -0.15) is 0 Å². The number of aromatic carboxylic acids is 1. The van der Waals surface area contributed by atoms with Crippen LogP contribution in [0.25, 0.3) is 11.1 Å². The van der Waals surface area contributed by atoms with Crippen LogP contribution in [-0.4, -0.2) is 30.2 Å². The van der Waals surface area contributed by atoms with Gasteiger partial charge in [-0.15, -0.1) is 0 Å². The second-order valence-electron chi connectivity index (χ2n) is 4.33. The van der Waals surface area contributed by atoms with Crippen molar-refractivity contribution in [1.29, 1.82) is 0 Å². The molecule has 22 heavy (non-hydrogen) atoms. The molecule has 0 saturated heterocycles. The minimum absolute atomic E-state index is 0.180. The first-order valence-electron chi connectivity index (χ1n) is 6.22. The Kier molecular flexibility index (Phi) is 4.26. The van der Waals surface area contributed by atoms with Crippen molar-refractivity contribution in [2.45, 2.75) is 0 Å². The van der Waals surface area contributed by atoms with E-state index in [-0.39, 0.29) is 11.3 Å². The molecule has 0 aliphatic rings. The van der Waals surface area contributed by atoms with Crippen LogP contribution in [0, 0.1) is 10.1 Å². The average Bonchev–Trinajstić information content (AvgIpc) is 2.53. The zero-order valence-corrected chi connectivity index (χ0v) is 11.9. The number of nitro groups is 1. The van der Waals surface area contributed by atoms with E-state index in [0.717, 1.165) is 6.07 Å². The van der Waals surface area contributed by atoms with Crippen LogP contribution >= 0.6 is 0 Å². The van der Waals surface area contributed by atoms with Crippen molar-refractivity contribution >= 4 is 11.7 Å². The second kappa shape index (κ2) is 6.13. The second-order valence-corrected chi connectivity index (χ2v) is 4.33. The Morgan fingerprint density at radius 1 is 1.14 bits per heavy atom. The molecule has 0 radical (unpaired) electrons. The van der Waals surface area contributed by atoms with Gasteiger partial charge >= 0.3 is 5.97 Å². The topological polar surface area (TPSA) is 98.9 Å². The van der Waals surface area contributed by atoms with Crippen molar-refractivity contribution in [3.63, 3.8) is 0 Å². The molecule has 0 aromatic heterocycles. The number of hydrogen-bond acceptors (Lipinski definition) is 5. The summed E-state index contributed by atoms with van der Waals surface area (Å²) in [6, 6.07) is 8.68. The number of non-ortho nitro benzene ring substituents is 1. The number of nitrogens with zero attached hydrogens (tertiary/aromatic N) is 1. The summed E-state index contributed by atoms with van der Waals surface area (Å²) in [5.74, 6) is -0.459. The van der Waals surface area contributed by atoms with E-state index < -0.39 is 10.9 Å². The van der Waals surface area contributed by atoms with Gasteiger partial charge in [0.25, 0.3) is 5.69 Å². The molecule has 0 atom stereocenters. The van der Waals surface area contributed by atoms with E-state index in [9.17, 15) is 20.0 Å². The molecule has 0 fully saturated rings. The molecule has 7 heteroatoms. The van der Waals surface area contributed by atoms with E-state index in [4.69, 9.17) is 9.47 Å². The highest BCUT2D eigenvalue weighted by Gasteiger charge is 2.20. The molecule has 2 aromatic carbocycles. The number of carbonyl (C=O) groups is 1. The van der Waals surface area contributed by atoms with Crippen molar-refractivity contribution < 1.29 is 24.3 Å². The number of rotatable bonds is 5. The van der Waals surface area contributed by atoms with E-state index >= 15 is 0 Å². The predicted molar refractivity (Wildman–Crippen MR) is 78.6 cm³/mol. The normalized spacial score (nSPS) is 10.1. The third-order valence-corrected chi connectivity index (χ3v) is 3.14. The molecule has 2 aromatic rings. The molecule has 0 aliphatic carbocycles. The van der Waals surface area contributed by atoms with Crippen LogP contribution < -0.4 is 9.47 Å². The summed E-state index contributed by atoms with van der Waals surface area (Å²) in [6.07, 6.45) is 0. The highest BCUT2D eigenvalue weighted by Crippen LogP contribution is 2.39. The van der Waals surface area contributed by atoms with E-state index in [0.29, 0.717) is 22.6 Å². The number of ether oxygens (including phenoxy) is 2. The quantitative estimate of drug-likeness (QED) is 0.673. The molecule has 0 spiro atoms. The van der Waals surface area contributed by atoms with Gasteiger partial charge in [-0.1, -0.05) is 12.1 Å². The predicted octanol–water partition coefficient (Wildman–Crippen LogP) is 2.98. The van der Waals surface area contributed by atoms with Gasteiger partial charge in [0.2, 0.25) is 0 Å². The van der Waals surface area contributed by atoms with Crippen molar-refractivity contribution in [2.24, 2.45) is 0 Å². The van der Waals surface area contributed by atoms with Crippen LogP contribution in [0.5, 0.6) is 11.5 Å². The van der Waals surface area contributed by atoms with Gasteiger partial charge in [0, 0.05) is 23.3 Å². The Labute approximate surface area is 125 Å². The van der Waals surface area contributed by atoms with Gasteiger partial charge in [0.1, 0.15) is 0 Å². The molecule has 0 saturated carbocycles. The highest BCUT2D eigenvalue weighted by molar-refractivity contribution is 5.98. The van der Waals surface area contributed by atoms with E-state index in [1.165, 1.54) is 26.4 Å². The number of carboxylic acid groups (broad SMARTS) is 1. The third-order valence-electron chi connectivity index (χ3n) is 3.14. The molecule has 0 amide bonds. The molecule has 0 unspecified atom stereocenters. The molecule has 1 N–H and O–H groups in total. The van der Waals surface area contributed by atoms with Gasteiger partial charge < -0.3 is 14.6 Å². The maximum absolute atomic E-state index is 11.4. The summed E-state index contributed by atoms with van der Waals surface area (Å²) in [5, 5.41) is 20.1. The third kappa shape index (κ3) is 2.69. The lowest BCUT2D eigenvalue weighted by atomic mass is 9.98. The summed E-state index contributed by atoms with van der Waals surface area (Å²) < 4.78 is 10.5. The zero-order valence-electron chi connectivity index (χ0n) is 11.9. The lowest BCUT2D eigenvalue weighted by Crippen LogP contribution is -2.02. The van der Waals surface area contributed by atoms with Crippen LogP contribution in [-0.2, 0) is 0 Å². The minimum Gasteiger partial charge on any atom is -0.493 e. The van der Waals surface area contributed by atoms with Crippen molar-refractivity contribution in [3.8, 4) is 22.6 Å².